The number of aryl methyl sites for hydroxylation is 2. The van der Waals surface area contributed by atoms with Crippen molar-refractivity contribution in [3.8, 4) is 0 Å². The molecule has 31 heavy (non-hydrogen) atoms. The van der Waals surface area contributed by atoms with Crippen molar-refractivity contribution in [3.05, 3.63) is 83.0 Å². The summed E-state index contributed by atoms with van der Waals surface area (Å²) < 4.78 is 2.90. The van der Waals surface area contributed by atoms with E-state index in [1.807, 2.05) is 6.07 Å². The molecule has 4 aromatic rings. The van der Waals surface area contributed by atoms with Gasteiger partial charge in [0.15, 0.2) is 5.65 Å². The molecule has 156 valence electrons. The van der Waals surface area contributed by atoms with E-state index in [1.54, 1.807) is 55.6 Å². The van der Waals surface area contributed by atoms with Crippen LogP contribution in [0, 0.1) is 0 Å². The minimum Gasteiger partial charge on any atom is -0.324 e. The van der Waals surface area contributed by atoms with E-state index in [0.717, 1.165) is 0 Å². The number of carbonyl (C=O) groups is 2. The Morgan fingerprint density at radius 2 is 1.65 bits per heavy atom. The lowest BCUT2D eigenvalue weighted by Crippen LogP contribution is -2.24. The van der Waals surface area contributed by atoms with Gasteiger partial charge in [-0.05, 0) is 24.3 Å². The van der Waals surface area contributed by atoms with Crippen LogP contribution in [0.2, 0.25) is 0 Å². The zero-order chi connectivity index (χ0) is 21.8. The molecule has 0 aliphatic heterocycles. The van der Waals surface area contributed by atoms with Crippen molar-refractivity contribution in [2.24, 2.45) is 7.05 Å². The highest BCUT2D eigenvalue weighted by atomic mass is 16.2. The summed E-state index contributed by atoms with van der Waals surface area (Å²) in [5, 5.41) is 10.0. The van der Waals surface area contributed by atoms with Gasteiger partial charge in [0, 0.05) is 25.6 Å². The maximum atomic E-state index is 12.5. The first-order chi connectivity index (χ1) is 15.0. The van der Waals surface area contributed by atoms with Crippen LogP contribution in [-0.4, -0.2) is 31.1 Å². The summed E-state index contributed by atoms with van der Waals surface area (Å²) in [5.74, 6) is -0.565. The van der Waals surface area contributed by atoms with Crippen molar-refractivity contribution in [2.45, 2.75) is 13.0 Å². The fourth-order valence-corrected chi connectivity index (χ4v) is 3.15. The fraction of sp³-hybridized carbons (Fsp3) is 0.136. The van der Waals surface area contributed by atoms with Gasteiger partial charge in [0.1, 0.15) is 5.39 Å². The van der Waals surface area contributed by atoms with Crippen molar-refractivity contribution in [1.29, 1.82) is 0 Å². The molecule has 4 rings (SSSR count). The Bertz CT molecular complexity index is 1310. The molecule has 0 atom stereocenters. The molecule has 2 heterocycles. The Morgan fingerprint density at radius 3 is 2.39 bits per heavy atom. The Hall–Kier alpha value is -4.27. The third kappa shape index (κ3) is 4.35. The number of aromatic nitrogens is 4. The molecule has 2 aromatic heterocycles. The number of rotatable bonds is 6. The number of benzene rings is 2. The summed E-state index contributed by atoms with van der Waals surface area (Å²) >= 11 is 0. The fourth-order valence-electron chi connectivity index (χ4n) is 3.15. The lowest BCUT2D eigenvalue weighted by Gasteiger charge is -2.12. The molecule has 2 N–H and O–H groups in total. The molecular formula is C22H20N6O3. The first-order valence-corrected chi connectivity index (χ1v) is 9.65. The molecule has 2 aromatic carbocycles. The van der Waals surface area contributed by atoms with Gasteiger partial charge in [0.05, 0.1) is 23.9 Å². The molecule has 0 saturated heterocycles. The first kappa shape index (κ1) is 20.0. The third-order valence-corrected chi connectivity index (χ3v) is 4.78. The zero-order valence-corrected chi connectivity index (χ0v) is 16.8. The van der Waals surface area contributed by atoms with Crippen molar-refractivity contribution in [1.82, 2.24) is 19.3 Å². The molecule has 0 fully saturated rings. The minimum absolute atomic E-state index is 0.0638. The second-order valence-corrected chi connectivity index (χ2v) is 6.91. The van der Waals surface area contributed by atoms with E-state index in [-0.39, 0.29) is 30.3 Å². The van der Waals surface area contributed by atoms with Gasteiger partial charge < -0.3 is 10.6 Å². The smallest absolute Gasteiger partial charge is 0.264 e. The average Bonchev–Trinajstić information content (AvgIpc) is 3.17. The van der Waals surface area contributed by atoms with Crippen LogP contribution in [0.25, 0.3) is 11.0 Å². The Balaban J connectivity index is 1.43. The molecule has 0 aliphatic rings. The summed E-state index contributed by atoms with van der Waals surface area (Å²) in [6.07, 6.45) is 2.94. The molecule has 0 radical (unpaired) electrons. The van der Waals surface area contributed by atoms with Crippen molar-refractivity contribution >= 4 is 34.2 Å². The quantitative estimate of drug-likeness (QED) is 0.501. The highest BCUT2D eigenvalue weighted by Crippen LogP contribution is 2.22. The van der Waals surface area contributed by atoms with Gasteiger partial charge in [-0.25, -0.2) is 4.98 Å². The summed E-state index contributed by atoms with van der Waals surface area (Å²) in [5.41, 5.74) is 1.72. The molecule has 0 unspecified atom stereocenters. The zero-order valence-electron chi connectivity index (χ0n) is 16.8. The highest BCUT2D eigenvalue weighted by Gasteiger charge is 2.12. The lowest BCUT2D eigenvalue weighted by atomic mass is 10.2. The molecule has 0 aliphatic carbocycles. The van der Waals surface area contributed by atoms with Crippen LogP contribution in [0.3, 0.4) is 0 Å². The third-order valence-electron chi connectivity index (χ3n) is 4.78. The van der Waals surface area contributed by atoms with Gasteiger partial charge in [-0.1, -0.05) is 30.3 Å². The van der Waals surface area contributed by atoms with E-state index in [1.165, 1.54) is 21.8 Å². The number of hydrogen-bond acceptors (Lipinski definition) is 5. The SMILES string of the molecule is Cn1ncc2c(=O)n(CCC(=O)Nc3ccccc3NC(=O)c3ccccc3)cnc21. The van der Waals surface area contributed by atoms with E-state index in [9.17, 15) is 14.4 Å². The van der Waals surface area contributed by atoms with E-state index in [0.29, 0.717) is 28.0 Å². The largest absolute Gasteiger partial charge is 0.324 e. The van der Waals surface area contributed by atoms with Gasteiger partial charge in [-0.2, -0.15) is 5.10 Å². The Labute approximate surface area is 177 Å². The normalized spacial score (nSPS) is 10.7. The number of nitrogens with one attached hydrogen (secondary N) is 2. The number of nitrogens with zero attached hydrogens (tertiary/aromatic N) is 4. The van der Waals surface area contributed by atoms with Crippen LogP contribution in [0.1, 0.15) is 16.8 Å². The second kappa shape index (κ2) is 8.62. The molecule has 2 amide bonds. The van der Waals surface area contributed by atoms with E-state index in [2.05, 4.69) is 20.7 Å². The second-order valence-electron chi connectivity index (χ2n) is 6.91. The van der Waals surface area contributed by atoms with Gasteiger partial charge in [-0.15, -0.1) is 0 Å². The monoisotopic (exact) mass is 416 g/mol. The van der Waals surface area contributed by atoms with Crippen molar-refractivity contribution in [3.63, 3.8) is 0 Å². The number of fused-ring (bicyclic) bond motifs is 1. The molecular weight excluding hydrogens is 396 g/mol. The van der Waals surface area contributed by atoms with Crippen molar-refractivity contribution in [2.75, 3.05) is 10.6 Å². The van der Waals surface area contributed by atoms with Crippen molar-refractivity contribution < 1.29 is 9.59 Å². The molecule has 9 heteroatoms. The van der Waals surface area contributed by atoms with Crippen LogP contribution >= 0.6 is 0 Å². The number of para-hydroxylation sites is 2. The van der Waals surface area contributed by atoms with Gasteiger partial charge in [0.25, 0.3) is 11.5 Å². The van der Waals surface area contributed by atoms with Gasteiger partial charge in [-0.3, -0.25) is 23.6 Å². The maximum absolute atomic E-state index is 12.5. The standard InChI is InChI=1S/C22H20N6O3/c1-27-20-16(13-24-27)22(31)28(14-23-20)12-11-19(29)25-17-9-5-6-10-18(17)26-21(30)15-7-3-2-4-8-15/h2-10,13-14H,11-12H2,1H3,(H,25,29)(H,26,30). The summed E-state index contributed by atoms with van der Waals surface area (Å²) in [4.78, 5) is 41.7. The summed E-state index contributed by atoms with van der Waals surface area (Å²) in [6.45, 7) is 0.168. The predicted octanol–water partition coefficient (Wildman–Crippen LogP) is 2.41. The van der Waals surface area contributed by atoms with E-state index < -0.39 is 0 Å². The van der Waals surface area contributed by atoms with Crippen LogP contribution < -0.4 is 16.2 Å². The Morgan fingerprint density at radius 1 is 0.968 bits per heavy atom. The average molecular weight is 416 g/mol. The number of anilines is 2. The number of carbonyl (C=O) groups excluding carboxylic acids is 2. The summed E-state index contributed by atoms with van der Waals surface area (Å²) in [6, 6.07) is 15.8. The minimum atomic E-state index is -0.292. The number of hydrogen-bond donors (Lipinski definition) is 2. The Kier molecular flexibility index (Phi) is 5.57. The predicted molar refractivity (Wildman–Crippen MR) is 117 cm³/mol. The molecule has 9 nitrogen and oxygen atoms in total. The van der Waals surface area contributed by atoms with E-state index in [4.69, 9.17) is 0 Å². The maximum Gasteiger partial charge on any atom is 0.264 e. The van der Waals surface area contributed by atoms with Crippen LogP contribution in [-0.2, 0) is 18.4 Å². The van der Waals surface area contributed by atoms with Gasteiger partial charge in [0.2, 0.25) is 5.91 Å². The van der Waals surface area contributed by atoms with Gasteiger partial charge >= 0.3 is 0 Å². The first-order valence-electron chi connectivity index (χ1n) is 9.65. The van der Waals surface area contributed by atoms with E-state index >= 15 is 0 Å². The van der Waals surface area contributed by atoms with Crippen LogP contribution in [0.5, 0.6) is 0 Å². The molecule has 0 saturated carbocycles. The van der Waals surface area contributed by atoms with Crippen LogP contribution in [0.4, 0.5) is 11.4 Å². The highest BCUT2D eigenvalue weighted by molar-refractivity contribution is 6.07. The summed E-state index contributed by atoms with van der Waals surface area (Å²) in [7, 11) is 1.71. The lowest BCUT2D eigenvalue weighted by molar-refractivity contribution is -0.116. The molecule has 0 bridgehead atoms. The molecule has 0 spiro atoms. The number of amides is 2. The van der Waals surface area contributed by atoms with Crippen LogP contribution in [0.15, 0.2) is 71.9 Å². The topological polar surface area (TPSA) is 111 Å².